The van der Waals surface area contributed by atoms with Crippen molar-refractivity contribution in [2.75, 3.05) is 0 Å². The Morgan fingerprint density at radius 1 is 1.25 bits per heavy atom. The van der Waals surface area contributed by atoms with E-state index in [0.29, 0.717) is 23.5 Å². The Kier molecular flexibility index (Phi) is 5.02. The summed E-state index contributed by atoms with van der Waals surface area (Å²) in [6.45, 7) is 7.42. The first-order valence-electron chi connectivity index (χ1n) is 5.91. The summed E-state index contributed by atoms with van der Waals surface area (Å²) >= 11 is 0. The third-order valence-corrected chi connectivity index (χ3v) is 2.65. The third-order valence-electron chi connectivity index (χ3n) is 2.65. The maximum Gasteiger partial charge on any atom is 0.120 e. The highest BCUT2D eigenvalue weighted by Gasteiger charge is 2.12. The van der Waals surface area contributed by atoms with Crippen LogP contribution in [-0.4, -0.2) is 17.7 Å². The van der Waals surface area contributed by atoms with Crippen molar-refractivity contribution < 1.29 is 0 Å². The Bertz CT molecular complexity index is 287. The number of aliphatic imine (C=N–C) groups is 1. The van der Waals surface area contributed by atoms with Gasteiger partial charge in [0.2, 0.25) is 0 Å². The molecule has 1 fully saturated rings. The van der Waals surface area contributed by atoms with E-state index in [2.05, 4.69) is 22.2 Å². The Morgan fingerprint density at radius 3 is 2.44 bits per heavy atom. The average Bonchev–Trinajstić information content (AvgIpc) is 2.17. The quantitative estimate of drug-likeness (QED) is 0.507. The SMILES string of the molecule is C=C(N=C(C)NC(C)=N)NC1CCCCC1. The minimum absolute atomic E-state index is 0.395. The molecule has 0 aromatic carbocycles. The average molecular weight is 222 g/mol. The van der Waals surface area contributed by atoms with E-state index in [4.69, 9.17) is 5.41 Å². The van der Waals surface area contributed by atoms with E-state index >= 15 is 0 Å². The summed E-state index contributed by atoms with van der Waals surface area (Å²) < 4.78 is 0. The number of amidine groups is 2. The number of hydrogen-bond donors (Lipinski definition) is 3. The third kappa shape index (κ3) is 4.96. The lowest BCUT2D eigenvalue weighted by Crippen LogP contribution is -2.31. The predicted molar refractivity (Wildman–Crippen MR) is 68.8 cm³/mol. The number of rotatable bonds is 3. The molecule has 0 spiro atoms. The van der Waals surface area contributed by atoms with Crippen LogP contribution in [0.5, 0.6) is 0 Å². The lowest BCUT2D eigenvalue weighted by Gasteiger charge is -2.23. The zero-order valence-electron chi connectivity index (χ0n) is 10.3. The van der Waals surface area contributed by atoms with Crippen LogP contribution in [0.4, 0.5) is 0 Å². The van der Waals surface area contributed by atoms with Crippen molar-refractivity contribution in [2.45, 2.75) is 52.0 Å². The molecule has 0 aromatic heterocycles. The van der Waals surface area contributed by atoms with Crippen LogP contribution in [0, 0.1) is 5.41 Å². The van der Waals surface area contributed by atoms with Gasteiger partial charge in [-0.25, -0.2) is 4.99 Å². The Labute approximate surface area is 97.7 Å². The van der Waals surface area contributed by atoms with Crippen LogP contribution >= 0.6 is 0 Å². The molecule has 1 saturated carbocycles. The fraction of sp³-hybridized carbons (Fsp3) is 0.667. The summed E-state index contributed by atoms with van der Waals surface area (Å²) in [5.41, 5.74) is 0. The molecule has 1 aliphatic carbocycles. The van der Waals surface area contributed by atoms with Gasteiger partial charge in [-0.15, -0.1) is 0 Å². The molecule has 4 nitrogen and oxygen atoms in total. The van der Waals surface area contributed by atoms with E-state index < -0.39 is 0 Å². The zero-order valence-corrected chi connectivity index (χ0v) is 10.3. The lowest BCUT2D eigenvalue weighted by atomic mass is 9.96. The molecule has 0 bridgehead atoms. The van der Waals surface area contributed by atoms with Crippen molar-refractivity contribution >= 4 is 11.7 Å². The molecule has 0 unspecified atom stereocenters. The van der Waals surface area contributed by atoms with Crippen LogP contribution in [0.3, 0.4) is 0 Å². The van der Waals surface area contributed by atoms with Gasteiger partial charge < -0.3 is 10.6 Å². The van der Waals surface area contributed by atoms with Gasteiger partial charge in [0, 0.05) is 6.04 Å². The highest BCUT2D eigenvalue weighted by molar-refractivity contribution is 5.97. The van der Waals surface area contributed by atoms with Crippen LogP contribution < -0.4 is 10.6 Å². The molecule has 3 N–H and O–H groups in total. The monoisotopic (exact) mass is 222 g/mol. The van der Waals surface area contributed by atoms with Gasteiger partial charge in [0.05, 0.1) is 5.84 Å². The van der Waals surface area contributed by atoms with Gasteiger partial charge in [0.1, 0.15) is 11.7 Å². The van der Waals surface area contributed by atoms with Crippen molar-refractivity contribution in [1.82, 2.24) is 10.6 Å². The second-order valence-electron chi connectivity index (χ2n) is 4.37. The highest BCUT2D eigenvalue weighted by atomic mass is 15.1. The van der Waals surface area contributed by atoms with Crippen molar-refractivity contribution in [3.05, 3.63) is 12.4 Å². The summed E-state index contributed by atoms with van der Waals surface area (Å²) in [5.74, 6) is 1.80. The van der Waals surface area contributed by atoms with Crippen molar-refractivity contribution in [3.63, 3.8) is 0 Å². The largest absolute Gasteiger partial charge is 0.368 e. The molecular formula is C12H22N4. The van der Waals surface area contributed by atoms with E-state index in [1.54, 1.807) is 6.92 Å². The maximum atomic E-state index is 7.28. The second kappa shape index (κ2) is 6.30. The molecule has 1 rings (SSSR count). The summed E-state index contributed by atoms with van der Waals surface area (Å²) in [7, 11) is 0. The molecule has 0 radical (unpaired) electrons. The molecular weight excluding hydrogens is 200 g/mol. The van der Waals surface area contributed by atoms with Gasteiger partial charge in [0.25, 0.3) is 0 Å². The fourth-order valence-corrected chi connectivity index (χ4v) is 2.02. The molecule has 16 heavy (non-hydrogen) atoms. The second-order valence-corrected chi connectivity index (χ2v) is 4.37. The minimum atomic E-state index is 0.395. The smallest absolute Gasteiger partial charge is 0.120 e. The van der Waals surface area contributed by atoms with Gasteiger partial charge >= 0.3 is 0 Å². The van der Waals surface area contributed by atoms with E-state index in [1.807, 2.05) is 6.92 Å². The molecule has 0 aromatic rings. The van der Waals surface area contributed by atoms with Gasteiger partial charge in [-0.2, -0.15) is 0 Å². The molecule has 0 aliphatic heterocycles. The number of hydrogen-bond acceptors (Lipinski definition) is 3. The maximum absolute atomic E-state index is 7.28. The van der Waals surface area contributed by atoms with E-state index in [0.717, 1.165) is 0 Å². The fourth-order valence-electron chi connectivity index (χ4n) is 2.02. The molecule has 1 aliphatic rings. The molecule has 0 saturated heterocycles. The number of nitrogens with one attached hydrogen (secondary N) is 3. The summed E-state index contributed by atoms with van der Waals surface area (Å²) in [6.07, 6.45) is 6.37. The lowest BCUT2D eigenvalue weighted by molar-refractivity contribution is 0.396. The Morgan fingerprint density at radius 2 is 1.88 bits per heavy atom. The van der Waals surface area contributed by atoms with Crippen molar-refractivity contribution in [3.8, 4) is 0 Å². The van der Waals surface area contributed by atoms with Crippen molar-refractivity contribution in [1.29, 1.82) is 5.41 Å². The van der Waals surface area contributed by atoms with Gasteiger partial charge in [-0.05, 0) is 26.7 Å². The Hall–Kier alpha value is -1.32. The molecule has 4 heteroatoms. The molecule has 90 valence electrons. The minimum Gasteiger partial charge on any atom is -0.368 e. The molecule has 0 amide bonds. The summed E-state index contributed by atoms with van der Waals surface area (Å²) in [6, 6.07) is 0.527. The van der Waals surface area contributed by atoms with Crippen molar-refractivity contribution in [2.24, 2.45) is 4.99 Å². The standard InChI is InChI=1S/C12H22N4/c1-9(13)14-10(2)15-11(3)16-12-7-5-4-6-8-12/h12,16H,3-8H2,1-2H3,(H2,13,14,15). The highest BCUT2D eigenvalue weighted by Crippen LogP contribution is 2.18. The number of nitrogens with zero attached hydrogens (tertiary/aromatic N) is 1. The normalized spacial score (nSPS) is 18.0. The van der Waals surface area contributed by atoms with Crippen LogP contribution in [0.2, 0.25) is 0 Å². The topological polar surface area (TPSA) is 60.3 Å². The first-order chi connectivity index (χ1) is 7.58. The van der Waals surface area contributed by atoms with Crippen LogP contribution in [-0.2, 0) is 0 Å². The van der Waals surface area contributed by atoms with E-state index in [-0.39, 0.29) is 0 Å². The summed E-state index contributed by atoms with van der Waals surface area (Å²) in [5, 5.41) is 13.5. The summed E-state index contributed by atoms with van der Waals surface area (Å²) in [4.78, 5) is 4.27. The van der Waals surface area contributed by atoms with Crippen LogP contribution in [0.1, 0.15) is 46.0 Å². The molecule has 0 heterocycles. The first kappa shape index (κ1) is 12.7. The van der Waals surface area contributed by atoms with Gasteiger partial charge in [-0.3, -0.25) is 5.41 Å². The van der Waals surface area contributed by atoms with Gasteiger partial charge in [-0.1, -0.05) is 25.8 Å². The van der Waals surface area contributed by atoms with Gasteiger partial charge in [0.15, 0.2) is 0 Å². The Balaban J connectivity index is 2.36. The molecule has 0 atom stereocenters. The predicted octanol–water partition coefficient (Wildman–Crippen LogP) is 2.39. The first-order valence-corrected chi connectivity index (χ1v) is 5.91. The van der Waals surface area contributed by atoms with Crippen LogP contribution in [0.15, 0.2) is 17.4 Å². The van der Waals surface area contributed by atoms with E-state index in [9.17, 15) is 0 Å². The zero-order chi connectivity index (χ0) is 12.0. The van der Waals surface area contributed by atoms with Crippen LogP contribution in [0.25, 0.3) is 0 Å². The van der Waals surface area contributed by atoms with E-state index in [1.165, 1.54) is 32.1 Å².